The fourth-order valence-corrected chi connectivity index (χ4v) is 7.40. The van der Waals surface area contributed by atoms with Crippen molar-refractivity contribution in [3.8, 4) is 17.1 Å². The van der Waals surface area contributed by atoms with Crippen molar-refractivity contribution in [1.29, 1.82) is 0 Å². The number of rotatable bonds is 4. The van der Waals surface area contributed by atoms with E-state index < -0.39 is 5.79 Å². The SMILES string of the molecule is Cc1cccc(C)c1-c1cc2nc(n1)NSc1cccc(c1)C(=O)N(CC1CCC3(CC1)OCCO3)[C@H](CC(C)(C)C)CO2. The van der Waals surface area contributed by atoms with Gasteiger partial charge >= 0.3 is 0 Å². The Labute approximate surface area is 265 Å². The van der Waals surface area contributed by atoms with Gasteiger partial charge in [-0.2, -0.15) is 4.98 Å². The Morgan fingerprint density at radius 2 is 1.70 bits per heavy atom. The summed E-state index contributed by atoms with van der Waals surface area (Å²) in [5.74, 6) is 0.930. The van der Waals surface area contributed by atoms with Gasteiger partial charge in [-0.3, -0.25) is 9.52 Å². The molecule has 1 amide bonds. The second-order valence-corrected chi connectivity index (χ2v) is 14.5. The summed E-state index contributed by atoms with van der Waals surface area (Å²) in [7, 11) is 0. The van der Waals surface area contributed by atoms with E-state index in [0.717, 1.165) is 59.4 Å². The van der Waals surface area contributed by atoms with Gasteiger partial charge in [0.1, 0.15) is 6.61 Å². The number of aryl methyl sites for hydroxylation is 2. The average Bonchev–Trinajstić information content (AvgIpc) is 3.45. The van der Waals surface area contributed by atoms with Crippen LogP contribution in [0.3, 0.4) is 0 Å². The van der Waals surface area contributed by atoms with Gasteiger partial charge in [-0.25, -0.2) is 4.98 Å². The van der Waals surface area contributed by atoms with E-state index in [9.17, 15) is 4.79 Å². The van der Waals surface area contributed by atoms with Gasteiger partial charge in [-0.05, 0) is 85.7 Å². The predicted molar refractivity (Wildman–Crippen MR) is 174 cm³/mol. The van der Waals surface area contributed by atoms with Crippen molar-refractivity contribution >= 4 is 23.8 Å². The maximum absolute atomic E-state index is 14.4. The highest BCUT2D eigenvalue weighted by Crippen LogP contribution is 2.39. The summed E-state index contributed by atoms with van der Waals surface area (Å²) >= 11 is 1.40. The maximum atomic E-state index is 14.4. The molecule has 4 bridgehead atoms. The Morgan fingerprint density at radius 3 is 2.41 bits per heavy atom. The molecule has 44 heavy (non-hydrogen) atoms. The topological polar surface area (TPSA) is 85.8 Å². The summed E-state index contributed by atoms with van der Waals surface area (Å²) in [6, 6.07) is 15.9. The van der Waals surface area contributed by atoms with Crippen LogP contribution in [0, 0.1) is 25.2 Å². The third-order valence-corrected chi connectivity index (χ3v) is 9.66. The minimum Gasteiger partial charge on any atom is -0.475 e. The number of fused-ring (bicyclic) bond motifs is 4. The monoisotopic (exact) mass is 616 g/mol. The van der Waals surface area contributed by atoms with Crippen LogP contribution in [0.5, 0.6) is 5.88 Å². The highest BCUT2D eigenvalue weighted by atomic mass is 32.2. The molecule has 3 heterocycles. The van der Waals surface area contributed by atoms with Gasteiger partial charge in [0, 0.05) is 41.5 Å². The number of hydrogen-bond acceptors (Lipinski definition) is 8. The van der Waals surface area contributed by atoms with E-state index in [1.807, 2.05) is 30.3 Å². The Morgan fingerprint density at radius 1 is 1.00 bits per heavy atom. The Kier molecular flexibility index (Phi) is 8.91. The number of aromatic nitrogens is 2. The van der Waals surface area contributed by atoms with Gasteiger partial charge in [0.25, 0.3) is 5.91 Å². The minimum absolute atomic E-state index is 0.0256. The molecule has 0 unspecified atom stereocenters. The molecular formula is C35H44N4O4S. The second-order valence-electron chi connectivity index (χ2n) is 13.7. The van der Waals surface area contributed by atoms with Crippen LogP contribution in [-0.2, 0) is 9.47 Å². The first kappa shape index (κ1) is 30.9. The minimum atomic E-state index is -0.426. The van der Waals surface area contributed by atoms with Crippen molar-refractivity contribution in [2.45, 2.75) is 83.4 Å². The van der Waals surface area contributed by atoms with Crippen LogP contribution in [0.2, 0.25) is 0 Å². The maximum Gasteiger partial charge on any atom is 0.254 e. The Balaban J connectivity index is 1.36. The summed E-state index contributed by atoms with van der Waals surface area (Å²) in [4.78, 5) is 27.0. The number of carbonyl (C=O) groups excluding carboxylic acids is 1. The van der Waals surface area contributed by atoms with Crippen molar-refractivity contribution in [3.05, 3.63) is 65.2 Å². The van der Waals surface area contributed by atoms with E-state index in [4.69, 9.17) is 24.2 Å². The molecule has 8 nitrogen and oxygen atoms in total. The van der Waals surface area contributed by atoms with Gasteiger partial charge in [0.05, 0.1) is 24.9 Å². The number of anilines is 1. The zero-order valence-electron chi connectivity index (χ0n) is 26.5. The highest BCUT2D eigenvalue weighted by Gasteiger charge is 2.41. The number of benzene rings is 2. The smallest absolute Gasteiger partial charge is 0.254 e. The molecule has 1 aliphatic carbocycles. The van der Waals surface area contributed by atoms with E-state index in [-0.39, 0.29) is 17.4 Å². The summed E-state index contributed by atoms with van der Waals surface area (Å²) in [6.45, 7) is 13.2. The van der Waals surface area contributed by atoms with Crippen molar-refractivity contribution in [2.75, 3.05) is 31.1 Å². The van der Waals surface area contributed by atoms with Crippen molar-refractivity contribution in [1.82, 2.24) is 14.9 Å². The zero-order chi connectivity index (χ0) is 30.9. The number of nitrogens with zero attached hydrogens (tertiary/aromatic N) is 3. The van der Waals surface area contributed by atoms with Crippen molar-refractivity contribution in [2.24, 2.45) is 11.3 Å². The third kappa shape index (κ3) is 7.05. The Hall–Kier alpha value is -3.14. The third-order valence-electron chi connectivity index (χ3n) is 8.89. The van der Waals surface area contributed by atoms with Gasteiger partial charge in [-0.1, -0.05) is 45.0 Å². The molecule has 3 aliphatic rings. The molecule has 1 spiro atoms. The largest absolute Gasteiger partial charge is 0.475 e. The molecule has 9 heteroatoms. The predicted octanol–water partition coefficient (Wildman–Crippen LogP) is 7.45. The normalized spacial score (nSPS) is 20.8. The lowest BCUT2D eigenvalue weighted by molar-refractivity contribution is -0.183. The van der Waals surface area contributed by atoms with E-state index in [2.05, 4.69) is 62.4 Å². The first-order valence-corrected chi connectivity index (χ1v) is 16.6. The number of nitrogens with one attached hydrogen (secondary N) is 1. The summed E-state index contributed by atoms with van der Waals surface area (Å²) in [5.41, 5.74) is 4.82. The summed E-state index contributed by atoms with van der Waals surface area (Å²) in [6.07, 6.45) is 4.43. The van der Waals surface area contributed by atoms with Gasteiger partial charge in [-0.15, -0.1) is 0 Å². The summed E-state index contributed by atoms with van der Waals surface area (Å²) in [5, 5.41) is 0. The van der Waals surface area contributed by atoms with Crippen LogP contribution < -0.4 is 9.46 Å². The fourth-order valence-electron chi connectivity index (χ4n) is 6.76. The van der Waals surface area contributed by atoms with Crippen molar-refractivity contribution < 1.29 is 19.0 Å². The van der Waals surface area contributed by atoms with Crippen molar-refractivity contribution in [3.63, 3.8) is 0 Å². The molecule has 0 radical (unpaired) electrons. The van der Waals surface area contributed by atoms with Gasteiger partial charge < -0.3 is 19.1 Å². The molecule has 1 aromatic heterocycles. The standard InChI is InChI=1S/C35H44N4O4S/c1-23-8-6-9-24(2)31(23)29-19-30-37-33(36-29)38-44-28-11-7-10-26(18-28)32(40)39(27(22-41-30)20-34(3,4)5)21-25-12-14-35(15-13-25)42-16-17-43-35/h6-11,18-19,25,27H,12-17,20-22H2,1-5H3,(H,36,37,38)/t27-/m1/s1. The van der Waals surface area contributed by atoms with E-state index in [1.165, 1.54) is 11.9 Å². The second kappa shape index (κ2) is 12.7. The molecule has 2 aromatic carbocycles. The van der Waals surface area contributed by atoms with Crippen LogP contribution in [0.15, 0.2) is 53.4 Å². The molecule has 1 saturated heterocycles. The number of hydrogen-bond donors (Lipinski definition) is 1. The number of amides is 1. The van der Waals surface area contributed by atoms with Crippen LogP contribution in [-0.4, -0.2) is 59.0 Å². The van der Waals surface area contributed by atoms with Crippen LogP contribution >= 0.6 is 11.9 Å². The Bertz CT molecular complexity index is 1470. The highest BCUT2D eigenvalue weighted by molar-refractivity contribution is 8.00. The molecular weight excluding hydrogens is 572 g/mol. The average molecular weight is 617 g/mol. The van der Waals surface area contributed by atoms with Crippen LogP contribution in [0.4, 0.5) is 5.95 Å². The van der Waals surface area contributed by atoms with E-state index >= 15 is 0 Å². The molecule has 2 aliphatic heterocycles. The molecule has 6 rings (SSSR count). The molecule has 2 fully saturated rings. The molecule has 1 N–H and O–H groups in total. The van der Waals surface area contributed by atoms with E-state index in [0.29, 0.717) is 49.7 Å². The molecule has 1 saturated carbocycles. The van der Waals surface area contributed by atoms with Crippen LogP contribution in [0.1, 0.15) is 74.4 Å². The molecule has 234 valence electrons. The quantitative estimate of drug-likeness (QED) is 0.303. The van der Waals surface area contributed by atoms with Gasteiger partial charge in [0.15, 0.2) is 5.79 Å². The lowest BCUT2D eigenvalue weighted by Crippen LogP contribution is -2.49. The summed E-state index contributed by atoms with van der Waals surface area (Å²) < 4.78 is 21.8. The first-order valence-electron chi connectivity index (χ1n) is 15.8. The van der Waals surface area contributed by atoms with Crippen LogP contribution in [0.25, 0.3) is 11.3 Å². The first-order chi connectivity index (χ1) is 21.1. The fraction of sp³-hybridized carbons (Fsp3) is 0.514. The number of ether oxygens (including phenoxy) is 3. The molecule has 1 atom stereocenters. The zero-order valence-corrected chi connectivity index (χ0v) is 27.3. The lowest BCUT2D eigenvalue weighted by atomic mass is 9.83. The molecule has 3 aromatic rings. The van der Waals surface area contributed by atoms with E-state index in [1.54, 1.807) is 0 Å². The van der Waals surface area contributed by atoms with Gasteiger partial charge in [0.2, 0.25) is 11.8 Å². The number of carbonyl (C=O) groups is 1. The lowest BCUT2D eigenvalue weighted by Gasteiger charge is -2.41.